The summed E-state index contributed by atoms with van der Waals surface area (Å²) in [7, 11) is 0. The molecule has 1 aliphatic heterocycles. The number of aryl methyl sites for hydroxylation is 1. The second-order valence-electron chi connectivity index (χ2n) is 6.51. The van der Waals surface area contributed by atoms with E-state index in [1.54, 1.807) is 12.4 Å². The van der Waals surface area contributed by atoms with Crippen molar-refractivity contribution in [2.24, 2.45) is 0 Å². The number of benzene rings is 1. The Balaban J connectivity index is 0.000000255. The van der Waals surface area contributed by atoms with Crippen molar-refractivity contribution in [2.75, 3.05) is 41.7 Å². The third-order valence-electron chi connectivity index (χ3n) is 4.41. The summed E-state index contributed by atoms with van der Waals surface area (Å²) in [5.41, 5.74) is 8.11. The molecule has 0 bridgehead atoms. The molecular formula is C21H26N6O. The number of aldehydes is 1. The van der Waals surface area contributed by atoms with Gasteiger partial charge in [-0.25, -0.2) is 15.0 Å². The number of piperazine rings is 1. The quantitative estimate of drug-likeness (QED) is 0.701. The standard InChI is InChI=1S/C13H16N6.C8H8O.H2/c14-11-9-16-13(17-10-11)19-7-5-18(6-8-19)12-3-1-2-4-15-12;1-7-2-4-8(6-9)5-3-7;/h1-4,9-10H,5-8,14H2;2-6H,1H3;1H. The highest BCUT2D eigenvalue weighted by Crippen LogP contribution is 2.15. The van der Waals surface area contributed by atoms with E-state index < -0.39 is 0 Å². The SMILES string of the molecule is Cc1ccc(C=O)cc1.Nc1cnc(N2CCN(c3ccccn3)CC2)nc1.[HH]. The minimum atomic E-state index is 0. The molecule has 0 atom stereocenters. The van der Waals surface area contributed by atoms with Crippen molar-refractivity contribution >= 4 is 23.7 Å². The number of hydrogen-bond acceptors (Lipinski definition) is 7. The van der Waals surface area contributed by atoms with E-state index >= 15 is 0 Å². The van der Waals surface area contributed by atoms with Gasteiger partial charge in [-0.3, -0.25) is 4.79 Å². The molecule has 2 N–H and O–H groups in total. The van der Waals surface area contributed by atoms with Crippen LogP contribution in [0.5, 0.6) is 0 Å². The summed E-state index contributed by atoms with van der Waals surface area (Å²) >= 11 is 0. The van der Waals surface area contributed by atoms with E-state index in [1.807, 2.05) is 55.6 Å². The molecule has 0 aliphatic carbocycles. The van der Waals surface area contributed by atoms with Gasteiger partial charge in [0.2, 0.25) is 5.95 Å². The minimum absolute atomic E-state index is 0. The van der Waals surface area contributed by atoms with Gasteiger partial charge in [-0.1, -0.05) is 35.9 Å². The van der Waals surface area contributed by atoms with Crippen LogP contribution >= 0.6 is 0 Å². The van der Waals surface area contributed by atoms with Crippen LogP contribution in [0.3, 0.4) is 0 Å². The van der Waals surface area contributed by atoms with Crippen molar-refractivity contribution in [3.8, 4) is 0 Å². The molecule has 3 aromatic rings. The Kier molecular flexibility index (Phi) is 6.51. The van der Waals surface area contributed by atoms with Gasteiger partial charge >= 0.3 is 0 Å². The lowest BCUT2D eigenvalue weighted by atomic mass is 10.2. The lowest BCUT2D eigenvalue weighted by molar-refractivity contribution is 0.112. The van der Waals surface area contributed by atoms with E-state index in [0.29, 0.717) is 5.69 Å². The smallest absolute Gasteiger partial charge is 0.225 e. The molecule has 7 heteroatoms. The predicted octanol–water partition coefficient (Wildman–Crippen LogP) is 2.83. The summed E-state index contributed by atoms with van der Waals surface area (Å²) in [5.74, 6) is 1.77. The van der Waals surface area contributed by atoms with Gasteiger partial charge in [0.05, 0.1) is 18.1 Å². The van der Waals surface area contributed by atoms with Crippen LogP contribution in [-0.4, -0.2) is 47.4 Å². The maximum Gasteiger partial charge on any atom is 0.225 e. The Morgan fingerprint density at radius 3 is 2.14 bits per heavy atom. The van der Waals surface area contributed by atoms with Crippen LogP contribution < -0.4 is 15.5 Å². The van der Waals surface area contributed by atoms with E-state index in [1.165, 1.54) is 5.56 Å². The zero-order valence-electron chi connectivity index (χ0n) is 15.9. The number of pyridine rings is 1. The molecule has 146 valence electrons. The summed E-state index contributed by atoms with van der Waals surface area (Å²) in [6.45, 7) is 5.62. The van der Waals surface area contributed by atoms with Crippen molar-refractivity contribution in [1.82, 2.24) is 15.0 Å². The molecule has 28 heavy (non-hydrogen) atoms. The fraction of sp³-hybridized carbons (Fsp3) is 0.238. The maximum atomic E-state index is 10.1. The average molecular weight is 378 g/mol. The molecule has 0 spiro atoms. The highest BCUT2D eigenvalue weighted by atomic mass is 16.1. The fourth-order valence-corrected chi connectivity index (χ4v) is 2.82. The number of nitrogens with zero attached hydrogens (tertiary/aromatic N) is 5. The van der Waals surface area contributed by atoms with Crippen LogP contribution in [0.2, 0.25) is 0 Å². The highest BCUT2D eigenvalue weighted by molar-refractivity contribution is 5.74. The predicted molar refractivity (Wildman–Crippen MR) is 114 cm³/mol. The first kappa shape index (κ1) is 19.3. The second kappa shape index (κ2) is 9.45. The van der Waals surface area contributed by atoms with Crippen LogP contribution in [0.25, 0.3) is 0 Å². The van der Waals surface area contributed by atoms with Crippen LogP contribution in [0.1, 0.15) is 17.3 Å². The highest BCUT2D eigenvalue weighted by Gasteiger charge is 2.19. The van der Waals surface area contributed by atoms with E-state index in [-0.39, 0.29) is 1.43 Å². The molecule has 3 heterocycles. The number of nitrogens with two attached hydrogens (primary N) is 1. The Bertz CT molecular complexity index is 866. The van der Waals surface area contributed by atoms with Crippen molar-refractivity contribution in [2.45, 2.75) is 6.92 Å². The number of rotatable bonds is 3. The van der Waals surface area contributed by atoms with Crippen molar-refractivity contribution in [1.29, 1.82) is 0 Å². The summed E-state index contributed by atoms with van der Waals surface area (Å²) < 4.78 is 0. The van der Waals surface area contributed by atoms with Gasteiger partial charge in [0.1, 0.15) is 12.1 Å². The van der Waals surface area contributed by atoms with Gasteiger partial charge in [-0.15, -0.1) is 0 Å². The molecule has 1 aliphatic rings. The molecule has 0 unspecified atom stereocenters. The van der Waals surface area contributed by atoms with Crippen molar-refractivity contribution in [3.63, 3.8) is 0 Å². The number of aromatic nitrogens is 3. The molecule has 7 nitrogen and oxygen atoms in total. The Morgan fingerprint density at radius 1 is 0.929 bits per heavy atom. The first-order chi connectivity index (χ1) is 13.7. The van der Waals surface area contributed by atoms with E-state index in [0.717, 1.165) is 49.8 Å². The van der Waals surface area contributed by atoms with Gasteiger partial charge in [-0.2, -0.15) is 0 Å². The monoisotopic (exact) mass is 378 g/mol. The third-order valence-corrected chi connectivity index (χ3v) is 4.41. The molecule has 2 aromatic heterocycles. The topological polar surface area (TPSA) is 88.2 Å². The summed E-state index contributed by atoms with van der Waals surface area (Å²) in [5, 5.41) is 0. The van der Waals surface area contributed by atoms with Gasteiger partial charge in [0.25, 0.3) is 0 Å². The number of nitrogen functional groups attached to an aromatic ring is 1. The molecular weight excluding hydrogens is 352 g/mol. The van der Waals surface area contributed by atoms with Crippen LogP contribution in [0, 0.1) is 6.92 Å². The van der Waals surface area contributed by atoms with E-state index in [2.05, 4.69) is 24.8 Å². The van der Waals surface area contributed by atoms with Gasteiger partial charge in [0, 0.05) is 39.4 Å². The lowest BCUT2D eigenvalue weighted by Crippen LogP contribution is -2.47. The van der Waals surface area contributed by atoms with Gasteiger partial charge in [0.15, 0.2) is 0 Å². The summed E-state index contributed by atoms with van der Waals surface area (Å²) in [4.78, 5) is 27.4. The molecule has 1 fully saturated rings. The number of carbonyl (C=O) groups excluding carboxylic acids is 1. The molecule has 0 amide bonds. The maximum absolute atomic E-state index is 10.1. The third kappa shape index (κ3) is 5.26. The molecule has 1 saturated heterocycles. The number of hydrogen-bond donors (Lipinski definition) is 1. The van der Waals surface area contributed by atoms with Crippen LogP contribution in [0.4, 0.5) is 17.5 Å². The van der Waals surface area contributed by atoms with Gasteiger partial charge < -0.3 is 15.5 Å². The minimum Gasteiger partial charge on any atom is -0.396 e. The molecule has 1 aromatic carbocycles. The first-order valence-electron chi connectivity index (χ1n) is 9.16. The second-order valence-corrected chi connectivity index (χ2v) is 6.51. The molecule has 0 radical (unpaired) electrons. The number of anilines is 3. The normalized spacial score (nSPS) is 13.5. The lowest BCUT2D eigenvalue weighted by Gasteiger charge is -2.35. The Morgan fingerprint density at radius 2 is 1.57 bits per heavy atom. The Labute approximate surface area is 166 Å². The average Bonchev–Trinajstić information content (AvgIpc) is 2.76. The molecule has 0 saturated carbocycles. The van der Waals surface area contributed by atoms with Crippen molar-refractivity contribution in [3.05, 3.63) is 72.2 Å². The van der Waals surface area contributed by atoms with E-state index in [4.69, 9.17) is 5.73 Å². The van der Waals surface area contributed by atoms with Crippen molar-refractivity contribution < 1.29 is 6.22 Å². The Hall–Kier alpha value is -3.48. The molecule has 4 rings (SSSR count). The van der Waals surface area contributed by atoms with E-state index in [9.17, 15) is 4.79 Å². The zero-order valence-corrected chi connectivity index (χ0v) is 15.9. The first-order valence-corrected chi connectivity index (χ1v) is 9.16. The summed E-state index contributed by atoms with van der Waals surface area (Å²) in [6, 6.07) is 13.4. The number of carbonyl (C=O) groups is 1. The van der Waals surface area contributed by atoms with Gasteiger partial charge in [-0.05, 0) is 19.1 Å². The van der Waals surface area contributed by atoms with Crippen LogP contribution in [-0.2, 0) is 0 Å². The largest absolute Gasteiger partial charge is 0.396 e. The fourth-order valence-electron chi connectivity index (χ4n) is 2.82. The zero-order chi connectivity index (χ0) is 19.8. The summed E-state index contributed by atoms with van der Waals surface area (Å²) in [6.07, 6.45) is 5.96. The van der Waals surface area contributed by atoms with Crippen LogP contribution in [0.15, 0.2) is 61.1 Å².